The summed E-state index contributed by atoms with van der Waals surface area (Å²) in [6.45, 7) is 4.45. The zero-order valence-corrected chi connectivity index (χ0v) is 16.6. The van der Waals surface area contributed by atoms with E-state index >= 15 is 0 Å². The number of anilines is 1. The highest BCUT2D eigenvalue weighted by Gasteiger charge is 2.40. The first-order chi connectivity index (χ1) is 14.1. The molecule has 2 aliphatic rings. The summed E-state index contributed by atoms with van der Waals surface area (Å²) in [7, 11) is 0. The molecule has 2 heterocycles. The number of carbonyl (C=O) groups is 2. The largest absolute Gasteiger partial charge is 0.347 e. The molecule has 4 rings (SSSR count). The standard InChI is InChI=1S/C23H26N2O4/c1-2-17-6-3-4-9-20(17)24-21(26)18-7-5-8-19(16-18)22(27)25-12-10-23(11-13-25)28-14-15-29-23/h3-9,16H,2,10-15H2,1H3,(H,24,26). The van der Waals surface area contributed by atoms with E-state index in [2.05, 4.69) is 12.2 Å². The van der Waals surface area contributed by atoms with Gasteiger partial charge in [-0.1, -0.05) is 31.2 Å². The third kappa shape index (κ3) is 4.18. The quantitative estimate of drug-likeness (QED) is 0.862. The third-order valence-electron chi connectivity index (χ3n) is 5.64. The van der Waals surface area contributed by atoms with E-state index in [4.69, 9.17) is 9.47 Å². The fraction of sp³-hybridized carbons (Fsp3) is 0.391. The Labute approximate surface area is 170 Å². The van der Waals surface area contributed by atoms with Gasteiger partial charge in [0.2, 0.25) is 0 Å². The van der Waals surface area contributed by atoms with Crippen molar-refractivity contribution in [1.29, 1.82) is 0 Å². The lowest BCUT2D eigenvalue weighted by atomic mass is 10.0. The summed E-state index contributed by atoms with van der Waals surface area (Å²) in [5, 5.41) is 2.96. The van der Waals surface area contributed by atoms with Gasteiger partial charge in [0.1, 0.15) is 0 Å². The number of carbonyl (C=O) groups excluding carboxylic acids is 2. The maximum Gasteiger partial charge on any atom is 0.255 e. The Morgan fingerprint density at radius 3 is 2.41 bits per heavy atom. The van der Waals surface area contributed by atoms with Crippen LogP contribution in [0.15, 0.2) is 48.5 Å². The van der Waals surface area contributed by atoms with E-state index in [-0.39, 0.29) is 11.8 Å². The molecule has 2 aliphatic heterocycles. The van der Waals surface area contributed by atoms with E-state index < -0.39 is 5.79 Å². The Morgan fingerprint density at radius 2 is 1.69 bits per heavy atom. The molecule has 0 radical (unpaired) electrons. The maximum atomic E-state index is 12.9. The lowest BCUT2D eigenvalue weighted by molar-refractivity contribution is -0.181. The predicted octanol–water partition coefficient (Wildman–Crippen LogP) is 3.48. The van der Waals surface area contributed by atoms with Crippen LogP contribution in [0.1, 0.15) is 46.0 Å². The second-order valence-electron chi connectivity index (χ2n) is 7.45. The van der Waals surface area contributed by atoms with E-state index in [9.17, 15) is 9.59 Å². The number of nitrogens with zero attached hydrogens (tertiary/aromatic N) is 1. The Hall–Kier alpha value is -2.70. The lowest BCUT2D eigenvalue weighted by Crippen LogP contribution is -2.47. The summed E-state index contributed by atoms with van der Waals surface area (Å²) < 4.78 is 11.5. The number of aryl methyl sites for hydroxylation is 1. The minimum atomic E-state index is -0.509. The van der Waals surface area contributed by atoms with Crippen LogP contribution in [0.2, 0.25) is 0 Å². The number of para-hydroxylation sites is 1. The van der Waals surface area contributed by atoms with Gasteiger partial charge in [-0.3, -0.25) is 9.59 Å². The van der Waals surface area contributed by atoms with Crippen molar-refractivity contribution in [3.8, 4) is 0 Å². The monoisotopic (exact) mass is 394 g/mol. The van der Waals surface area contributed by atoms with Crippen molar-refractivity contribution in [3.63, 3.8) is 0 Å². The van der Waals surface area contributed by atoms with Crippen LogP contribution in [0, 0.1) is 0 Å². The summed E-state index contributed by atoms with van der Waals surface area (Å²) in [6.07, 6.45) is 2.18. The van der Waals surface area contributed by atoms with Crippen molar-refractivity contribution in [2.75, 3.05) is 31.6 Å². The predicted molar refractivity (Wildman–Crippen MR) is 110 cm³/mol. The molecule has 6 nitrogen and oxygen atoms in total. The van der Waals surface area contributed by atoms with Gasteiger partial charge in [-0.05, 0) is 36.2 Å². The summed E-state index contributed by atoms with van der Waals surface area (Å²) in [6, 6.07) is 14.6. The molecule has 2 saturated heterocycles. The molecule has 6 heteroatoms. The number of nitrogens with one attached hydrogen (secondary N) is 1. The first-order valence-electron chi connectivity index (χ1n) is 10.2. The molecule has 1 spiro atoms. The van der Waals surface area contributed by atoms with Crippen molar-refractivity contribution in [2.45, 2.75) is 32.0 Å². The molecule has 2 amide bonds. The number of ether oxygens (including phenoxy) is 2. The molecule has 0 atom stereocenters. The Kier molecular flexibility index (Phi) is 5.65. The first-order valence-corrected chi connectivity index (χ1v) is 10.2. The molecule has 152 valence electrons. The Morgan fingerprint density at radius 1 is 1.00 bits per heavy atom. The normalized spacial score (nSPS) is 18.0. The van der Waals surface area contributed by atoms with Crippen LogP contribution in [-0.2, 0) is 15.9 Å². The molecule has 1 N–H and O–H groups in total. The highest BCUT2D eigenvalue weighted by molar-refractivity contribution is 6.06. The molecule has 0 saturated carbocycles. The lowest BCUT2D eigenvalue weighted by Gasteiger charge is -2.37. The van der Waals surface area contributed by atoms with Crippen molar-refractivity contribution in [3.05, 3.63) is 65.2 Å². The van der Waals surface area contributed by atoms with Gasteiger partial charge < -0.3 is 19.7 Å². The molecule has 0 aliphatic carbocycles. The van der Waals surface area contributed by atoms with Gasteiger partial charge in [-0.2, -0.15) is 0 Å². The summed E-state index contributed by atoms with van der Waals surface area (Å²) >= 11 is 0. The molecular weight excluding hydrogens is 368 g/mol. The molecular formula is C23H26N2O4. The van der Waals surface area contributed by atoms with E-state index in [1.807, 2.05) is 24.3 Å². The fourth-order valence-electron chi connectivity index (χ4n) is 3.96. The van der Waals surface area contributed by atoms with Gasteiger partial charge in [0, 0.05) is 42.7 Å². The number of rotatable bonds is 4. The number of benzene rings is 2. The highest BCUT2D eigenvalue weighted by Crippen LogP contribution is 2.31. The van der Waals surface area contributed by atoms with Crippen LogP contribution in [0.5, 0.6) is 0 Å². The van der Waals surface area contributed by atoms with E-state index in [0.717, 1.165) is 17.7 Å². The van der Waals surface area contributed by atoms with Crippen molar-refractivity contribution in [2.24, 2.45) is 0 Å². The van der Waals surface area contributed by atoms with Crippen LogP contribution >= 0.6 is 0 Å². The Balaban J connectivity index is 1.44. The molecule has 2 aromatic rings. The van der Waals surface area contributed by atoms with Crippen LogP contribution in [-0.4, -0.2) is 48.8 Å². The fourth-order valence-corrected chi connectivity index (χ4v) is 3.96. The smallest absolute Gasteiger partial charge is 0.255 e. The Bertz CT molecular complexity index is 895. The number of likely N-dealkylation sites (tertiary alicyclic amines) is 1. The van der Waals surface area contributed by atoms with Crippen LogP contribution in [0.25, 0.3) is 0 Å². The second-order valence-corrected chi connectivity index (χ2v) is 7.45. The average Bonchev–Trinajstić information content (AvgIpc) is 3.22. The van der Waals surface area contributed by atoms with Crippen LogP contribution in [0.4, 0.5) is 5.69 Å². The molecule has 0 bridgehead atoms. The van der Waals surface area contributed by atoms with Crippen molar-refractivity contribution in [1.82, 2.24) is 4.90 Å². The number of hydrogen-bond acceptors (Lipinski definition) is 4. The molecule has 2 fully saturated rings. The third-order valence-corrected chi connectivity index (χ3v) is 5.64. The topological polar surface area (TPSA) is 67.9 Å². The summed E-state index contributed by atoms with van der Waals surface area (Å²) in [5.41, 5.74) is 2.87. The van der Waals surface area contributed by atoms with Gasteiger partial charge >= 0.3 is 0 Å². The zero-order chi connectivity index (χ0) is 20.3. The number of amides is 2. The number of piperidine rings is 1. The van der Waals surface area contributed by atoms with Gasteiger partial charge in [-0.15, -0.1) is 0 Å². The minimum absolute atomic E-state index is 0.0681. The van der Waals surface area contributed by atoms with Gasteiger partial charge in [0.15, 0.2) is 5.79 Å². The van der Waals surface area contributed by atoms with E-state index in [0.29, 0.717) is 50.3 Å². The minimum Gasteiger partial charge on any atom is -0.347 e. The van der Waals surface area contributed by atoms with Crippen LogP contribution in [0.3, 0.4) is 0 Å². The van der Waals surface area contributed by atoms with Crippen LogP contribution < -0.4 is 5.32 Å². The molecule has 29 heavy (non-hydrogen) atoms. The SMILES string of the molecule is CCc1ccccc1NC(=O)c1cccc(C(=O)N2CCC3(CC2)OCCO3)c1. The number of hydrogen-bond donors (Lipinski definition) is 1. The van der Waals surface area contributed by atoms with Gasteiger partial charge in [-0.25, -0.2) is 0 Å². The molecule has 2 aromatic carbocycles. The summed E-state index contributed by atoms with van der Waals surface area (Å²) in [5.74, 6) is -0.794. The molecule has 0 unspecified atom stereocenters. The summed E-state index contributed by atoms with van der Waals surface area (Å²) in [4.78, 5) is 27.5. The maximum absolute atomic E-state index is 12.9. The van der Waals surface area contributed by atoms with Crippen molar-refractivity contribution < 1.29 is 19.1 Å². The highest BCUT2D eigenvalue weighted by atomic mass is 16.7. The second kappa shape index (κ2) is 8.35. The van der Waals surface area contributed by atoms with E-state index in [1.54, 1.807) is 29.2 Å². The average molecular weight is 394 g/mol. The first kappa shape index (κ1) is 19.6. The van der Waals surface area contributed by atoms with Gasteiger partial charge in [0.25, 0.3) is 11.8 Å². The molecule has 0 aromatic heterocycles. The van der Waals surface area contributed by atoms with E-state index in [1.165, 1.54) is 0 Å². The van der Waals surface area contributed by atoms with Gasteiger partial charge in [0.05, 0.1) is 13.2 Å². The van der Waals surface area contributed by atoms with Crippen molar-refractivity contribution >= 4 is 17.5 Å². The zero-order valence-electron chi connectivity index (χ0n) is 16.6.